The van der Waals surface area contributed by atoms with Crippen LogP contribution in [0.1, 0.15) is 12.0 Å². The summed E-state index contributed by atoms with van der Waals surface area (Å²) in [5, 5.41) is 6.36. The maximum Gasteiger partial charge on any atom is 0.191 e. The smallest absolute Gasteiger partial charge is 0.191 e. The Morgan fingerprint density at radius 2 is 2.00 bits per heavy atom. The Balaban J connectivity index is 2.15. The predicted molar refractivity (Wildman–Crippen MR) is 94.5 cm³/mol. The van der Waals surface area contributed by atoms with Gasteiger partial charge in [0.1, 0.15) is 5.82 Å². The highest BCUT2D eigenvalue weighted by Crippen LogP contribution is 2.16. The van der Waals surface area contributed by atoms with Crippen molar-refractivity contribution in [1.29, 1.82) is 0 Å². The number of halogens is 2. The van der Waals surface area contributed by atoms with Crippen LogP contribution >= 0.6 is 15.9 Å². The fourth-order valence-electron chi connectivity index (χ4n) is 1.92. The van der Waals surface area contributed by atoms with E-state index in [9.17, 15) is 4.39 Å². The quantitative estimate of drug-likeness (QED) is 0.366. The number of aryl methyl sites for hydroxylation is 1. The molecule has 0 heterocycles. The van der Waals surface area contributed by atoms with Crippen LogP contribution in [-0.2, 0) is 15.9 Å². The zero-order valence-corrected chi connectivity index (χ0v) is 15.3. The Labute approximate surface area is 145 Å². The summed E-state index contributed by atoms with van der Waals surface area (Å²) in [6, 6.07) is 5.16. The lowest BCUT2D eigenvalue weighted by Crippen LogP contribution is -2.39. The van der Waals surface area contributed by atoms with Gasteiger partial charge < -0.3 is 20.1 Å². The zero-order chi connectivity index (χ0) is 16.9. The van der Waals surface area contributed by atoms with Crippen molar-refractivity contribution in [2.75, 3.05) is 47.1 Å². The first kappa shape index (κ1) is 19.9. The van der Waals surface area contributed by atoms with Gasteiger partial charge in [0.05, 0.1) is 19.8 Å². The second-order valence-electron chi connectivity index (χ2n) is 4.87. The van der Waals surface area contributed by atoms with E-state index >= 15 is 0 Å². The molecule has 0 fully saturated rings. The molecule has 0 aromatic heterocycles. The molecular formula is C16H25BrFN3O2. The third kappa shape index (κ3) is 8.88. The Morgan fingerprint density at radius 1 is 1.22 bits per heavy atom. The highest BCUT2D eigenvalue weighted by molar-refractivity contribution is 9.10. The van der Waals surface area contributed by atoms with Gasteiger partial charge in [0.2, 0.25) is 0 Å². The highest BCUT2D eigenvalue weighted by Gasteiger charge is 2.03. The molecule has 1 aromatic rings. The van der Waals surface area contributed by atoms with Gasteiger partial charge in [-0.3, -0.25) is 4.99 Å². The summed E-state index contributed by atoms with van der Waals surface area (Å²) in [6.45, 7) is 3.17. The molecule has 0 aliphatic heterocycles. The minimum Gasteiger partial charge on any atom is -0.382 e. The average Bonchev–Trinajstić information content (AvgIpc) is 2.54. The molecule has 0 amide bonds. The van der Waals surface area contributed by atoms with Gasteiger partial charge in [-0.2, -0.15) is 0 Å². The van der Waals surface area contributed by atoms with Gasteiger partial charge in [-0.1, -0.05) is 22.0 Å². The second kappa shape index (κ2) is 12.3. The normalized spacial score (nSPS) is 11.6. The minimum atomic E-state index is -0.171. The van der Waals surface area contributed by atoms with E-state index in [1.165, 1.54) is 6.07 Å². The number of guanidine groups is 1. The summed E-state index contributed by atoms with van der Waals surface area (Å²) < 4.78 is 24.7. The third-order valence-electron chi connectivity index (χ3n) is 3.12. The number of methoxy groups -OCH3 is 1. The molecule has 5 nitrogen and oxygen atoms in total. The molecule has 0 saturated heterocycles. The molecule has 0 spiro atoms. The summed E-state index contributed by atoms with van der Waals surface area (Å²) in [5.74, 6) is 0.548. The van der Waals surface area contributed by atoms with E-state index in [-0.39, 0.29) is 5.82 Å². The first-order valence-corrected chi connectivity index (χ1v) is 8.41. The fraction of sp³-hybridized carbons (Fsp3) is 0.562. The second-order valence-corrected chi connectivity index (χ2v) is 5.79. The third-order valence-corrected chi connectivity index (χ3v) is 3.62. The number of benzene rings is 1. The number of ether oxygens (including phenoxy) is 2. The van der Waals surface area contributed by atoms with Crippen molar-refractivity contribution in [3.05, 3.63) is 34.1 Å². The van der Waals surface area contributed by atoms with E-state index in [1.54, 1.807) is 14.2 Å². The molecular weight excluding hydrogens is 365 g/mol. The summed E-state index contributed by atoms with van der Waals surface area (Å²) >= 11 is 3.26. The van der Waals surface area contributed by atoms with E-state index in [4.69, 9.17) is 9.47 Å². The Kier molecular flexibility index (Phi) is 10.6. The van der Waals surface area contributed by atoms with Gasteiger partial charge in [0.15, 0.2) is 5.96 Å². The van der Waals surface area contributed by atoms with Crippen molar-refractivity contribution in [1.82, 2.24) is 10.6 Å². The molecule has 23 heavy (non-hydrogen) atoms. The lowest BCUT2D eigenvalue weighted by molar-refractivity contribution is 0.0733. The first-order valence-electron chi connectivity index (χ1n) is 7.62. The van der Waals surface area contributed by atoms with Crippen molar-refractivity contribution in [3.8, 4) is 0 Å². The molecule has 1 aromatic carbocycles. The van der Waals surface area contributed by atoms with E-state index < -0.39 is 0 Å². The van der Waals surface area contributed by atoms with Gasteiger partial charge >= 0.3 is 0 Å². The number of hydrogen-bond donors (Lipinski definition) is 2. The first-order chi connectivity index (χ1) is 11.2. The number of nitrogens with one attached hydrogen (secondary N) is 2. The predicted octanol–water partition coefficient (Wildman–Crippen LogP) is 2.35. The SMILES string of the molecule is CN=C(NCCCc1ccc(Br)cc1F)NCCOCCOC. The summed E-state index contributed by atoms with van der Waals surface area (Å²) in [4.78, 5) is 4.13. The summed E-state index contributed by atoms with van der Waals surface area (Å²) in [5.41, 5.74) is 0.726. The lowest BCUT2D eigenvalue weighted by Gasteiger charge is -2.12. The van der Waals surface area contributed by atoms with E-state index in [2.05, 4.69) is 31.6 Å². The fourth-order valence-corrected chi connectivity index (χ4v) is 2.25. The van der Waals surface area contributed by atoms with E-state index in [0.717, 1.165) is 29.0 Å². The van der Waals surface area contributed by atoms with Crippen molar-refractivity contribution < 1.29 is 13.9 Å². The van der Waals surface area contributed by atoms with Gasteiger partial charge in [0.25, 0.3) is 0 Å². The van der Waals surface area contributed by atoms with Crippen LogP contribution in [-0.4, -0.2) is 53.0 Å². The van der Waals surface area contributed by atoms with Crippen LogP contribution in [0.25, 0.3) is 0 Å². The standard InChI is InChI=1S/C16H25BrFN3O2/c1-19-16(21-8-9-23-11-10-22-2)20-7-3-4-13-5-6-14(17)12-15(13)18/h5-6,12H,3-4,7-11H2,1-2H3,(H2,19,20,21). The topological polar surface area (TPSA) is 54.9 Å². The van der Waals surface area contributed by atoms with E-state index in [0.29, 0.717) is 32.8 Å². The van der Waals surface area contributed by atoms with Crippen LogP contribution in [0.3, 0.4) is 0 Å². The number of rotatable bonds is 10. The number of aliphatic imine (C=N–C) groups is 1. The molecule has 1 rings (SSSR count). The molecule has 130 valence electrons. The molecule has 0 radical (unpaired) electrons. The zero-order valence-electron chi connectivity index (χ0n) is 13.7. The Hall–Kier alpha value is -1.18. The number of nitrogens with zero attached hydrogens (tertiary/aromatic N) is 1. The molecule has 0 aliphatic carbocycles. The molecule has 0 bridgehead atoms. The molecule has 0 unspecified atom stereocenters. The maximum atomic E-state index is 13.7. The van der Waals surface area contributed by atoms with Crippen LogP contribution in [0, 0.1) is 5.82 Å². The molecule has 0 atom stereocenters. The lowest BCUT2D eigenvalue weighted by atomic mass is 10.1. The van der Waals surface area contributed by atoms with Crippen LogP contribution in [0.5, 0.6) is 0 Å². The van der Waals surface area contributed by atoms with Gasteiger partial charge in [0, 0.05) is 31.7 Å². The van der Waals surface area contributed by atoms with E-state index in [1.807, 2.05) is 12.1 Å². The highest BCUT2D eigenvalue weighted by atomic mass is 79.9. The van der Waals surface area contributed by atoms with Gasteiger partial charge in [-0.15, -0.1) is 0 Å². The van der Waals surface area contributed by atoms with Crippen molar-refractivity contribution in [2.45, 2.75) is 12.8 Å². The molecule has 7 heteroatoms. The van der Waals surface area contributed by atoms with Crippen LogP contribution in [0.4, 0.5) is 4.39 Å². The largest absolute Gasteiger partial charge is 0.382 e. The summed E-state index contributed by atoms with van der Waals surface area (Å²) in [6.07, 6.45) is 1.51. The molecule has 0 aliphatic rings. The maximum absolute atomic E-state index is 13.7. The Morgan fingerprint density at radius 3 is 2.70 bits per heavy atom. The Bertz CT molecular complexity index is 486. The van der Waals surface area contributed by atoms with Crippen LogP contribution < -0.4 is 10.6 Å². The van der Waals surface area contributed by atoms with Crippen molar-refractivity contribution >= 4 is 21.9 Å². The van der Waals surface area contributed by atoms with Gasteiger partial charge in [-0.05, 0) is 30.5 Å². The van der Waals surface area contributed by atoms with Gasteiger partial charge in [-0.25, -0.2) is 4.39 Å². The minimum absolute atomic E-state index is 0.171. The average molecular weight is 390 g/mol. The summed E-state index contributed by atoms with van der Waals surface area (Å²) in [7, 11) is 3.36. The molecule has 2 N–H and O–H groups in total. The van der Waals surface area contributed by atoms with Crippen LogP contribution in [0.15, 0.2) is 27.7 Å². The number of hydrogen-bond acceptors (Lipinski definition) is 3. The monoisotopic (exact) mass is 389 g/mol. The molecule has 0 saturated carbocycles. The van der Waals surface area contributed by atoms with Crippen molar-refractivity contribution in [3.63, 3.8) is 0 Å². The van der Waals surface area contributed by atoms with Crippen molar-refractivity contribution in [2.24, 2.45) is 4.99 Å². The van der Waals surface area contributed by atoms with Crippen LogP contribution in [0.2, 0.25) is 0 Å².